The molecule has 0 N–H and O–H groups in total. The van der Waals surface area contributed by atoms with Crippen molar-refractivity contribution in [1.82, 2.24) is 9.88 Å². The molecule has 0 unspecified atom stereocenters. The molecule has 30 heavy (non-hydrogen) atoms. The van der Waals surface area contributed by atoms with Gasteiger partial charge in [-0.3, -0.25) is 9.78 Å². The topological polar surface area (TPSA) is 68.7 Å². The van der Waals surface area contributed by atoms with Crippen LogP contribution >= 0.6 is 0 Å². The van der Waals surface area contributed by atoms with Gasteiger partial charge in [0.25, 0.3) is 5.91 Å². The highest BCUT2D eigenvalue weighted by atomic mass is 28.4. The number of imide groups is 1. The number of nitrogens with zero attached hydrogens (tertiary/aromatic N) is 2. The number of amides is 2. The Bertz CT molecular complexity index is 770. The molecule has 6 nitrogen and oxygen atoms in total. The van der Waals surface area contributed by atoms with E-state index >= 15 is 0 Å². The minimum absolute atomic E-state index is 0.0205. The van der Waals surface area contributed by atoms with Crippen LogP contribution in [0.1, 0.15) is 74.0 Å². The lowest BCUT2D eigenvalue weighted by molar-refractivity contribution is -0.163. The number of pyridine rings is 1. The van der Waals surface area contributed by atoms with Crippen LogP contribution in [0.25, 0.3) is 0 Å². The number of rotatable bonds is 6. The normalized spacial score (nSPS) is 20.2. The van der Waals surface area contributed by atoms with Crippen molar-refractivity contribution in [2.24, 2.45) is 0 Å². The molecule has 0 saturated carbocycles. The van der Waals surface area contributed by atoms with E-state index in [0.29, 0.717) is 0 Å². The first kappa shape index (κ1) is 24.5. The van der Waals surface area contributed by atoms with E-state index in [1.807, 2.05) is 0 Å². The molecule has 2 heterocycles. The first-order valence-electron chi connectivity index (χ1n) is 10.6. The molecule has 0 radical (unpaired) electrons. The van der Waals surface area contributed by atoms with E-state index in [2.05, 4.69) is 46.5 Å². The molecule has 1 aromatic heterocycles. The summed E-state index contributed by atoms with van der Waals surface area (Å²) in [6, 6.07) is 1.80. The second-order valence-corrected chi connectivity index (χ2v) is 15.3. The quantitative estimate of drug-likeness (QED) is 0.427. The Hall–Kier alpha value is -1.80. The Labute approximate surface area is 180 Å². The van der Waals surface area contributed by atoms with Crippen LogP contribution in [0.5, 0.6) is 0 Å². The summed E-state index contributed by atoms with van der Waals surface area (Å²) in [5.74, 6) is -1.08. The molecular weight excluding hydrogens is 403 g/mol. The Morgan fingerprint density at radius 2 is 1.67 bits per heavy atom. The lowest BCUT2D eigenvalue weighted by Crippen LogP contribution is -2.67. The number of halogens is 1. The number of hydrogen-bond donors (Lipinski definition) is 0. The summed E-state index contributed by atoms with van der Waals surface area (Å²) < 4.78 is 26.7. The molecule has 0 aliphatic carbocycles. The Morgan fingerprint density at radius 3 is 2.10 bits per heavy atom. The zero-order valence-electron chi connectivity index (χ0n) is 19.5. The van der Waals surface area contributed by atoms with Crippen LogP contribution in [-0.4, -0.2) is 41.9 Å². The summed E-state index contributed by atoms with van der Waals surface area (Å²) >= 11 is 0. The van der Waals surface area contributed by atoms with Gasteiger partial charge in [0.2, 0.25) is 8.32 Å². The van der Waals surface area contributed by atoms with Crippen LogP contribution < -0.4 is 0 Å². The summed E-state index contributed by atoms with van der Waals surface area (Å²) in [6.07, 6.45) is -0.321. The Morgan fingerprint density at radius 1 is 1.13 bits per heavy atom. The molecule has 1 fully saturated rings. The fourth-order valence-corrected chi connectivity index (χ4v) is 10.1. The standard InChI is InChI=1S/C22H35FN2O4Si/c1-13(2)30(14(3)4,15(5)6)29-19-18(17-16(23)11-10-12-24-17)25(20(19)26)21(27)28-22(7,8)9/h10-15,18-19H,1-9H3/t18-,19+/m0/s1. The predicted octanol–water partition coefficient (Wildman–Crippen LogP) is 5.60. The third-order valence-corrected chi connectivity index (χ3v) is 11.8. The van der Waals surface area contributed by atoms with E-state index in [0.717, 1.165) is 4.90 Å². The lowest BCUT2D eigenvalue weighted by Gasteiger charge is -2.51. The molecule has 1 saturated heterocycles. The zero-order chi connectivity index (χ0) is 23.0. The van der Waals surface area contributed by atoms with Crippen molar-refractivity contribution >= 4 is 20.3 Å². The number of hydrogen-bond acceptors (Lipinski definition) is 5. The number of carbonyl (C=O) groups is 2. The molecule has 0 aromatic carbocycles. The highest BCUT2D eigenvalue weighted by Gasteiger charge is 2.59. The first-order valence-corrected chi connectivity index (χ1v) is 12.7. The fraction of sp³-hybridized carbons (Fsp3) is 0.682. The van der Waals surface area contributed by atoms with Crippen molar-refractivity contribution in [1.29, 1.82) is 0 Å². The lowest BCUT2D eigenvalue weighted by atomic mass is 9.94. The van der Waals surface area contributed by atoms with Crippen LogP contribution in [0.4, 0.5) is 9.18 Å². The number of β-lactam (4-membered cyclic amide) rings is 1. The van der Waals surface area contributed by atoms with Gasteiger partial charge >= 0.3 is 6.09 Å². The van der Waals surface area contributed by atoms with Gasteiger partial charge in [0.1, 0.15) is 23.2 Å². The van der Waals surface area contributed by atoms with E-state index in [4.69, 9.17) is 9.16 Å². The average Bonchev–Trinajstić information content (AvgIpc) is 2.58. The Kier molecular flexibility index (Phi) is 7.13. The highest BCUT2D eigenvalue weighted by Crippen LogP contribution is 2.48. The maximum absolute atomic E-state index is 14.6. The second-order valence-electron chi connectivity index (χ2n) is 9.86. The van der Waals surface area contributed by atoms with Gasteiger partial charge in [0.05, 0.1) is 0 Å². The van der Waals surface area contributed by atoms with E-state index in [1.54, 1.807) is 20.8 Å². The molecule has 8 heteroatoms. The smallest absolute Gasteiger partial charge is 0.417 e. The molecule has 1 aromatic rings. The third-order valence-electron chi connectivity index (χ3n) is 5.74. The van der Waals surface area contributed by atoms with Gasteiger partial charge in [0.15, 0.2) is 6.10 Å². The number of aromatic nitrogens is 1. The maximum atomic E-state index is 14.6. The molecule has 0 bridgehead atoms. The highest BCUT2D eigenvalue weighted by molar-refractivity contribution is 6.77. The van der Waals surface area contributed by atoms with E-state index < -0.39 is 43.9 Å². The van der Waals surface area contributed by atoms with E-state index in [9.17, 15) is 14.0 Å². The van der Waals surface area contributed by atoms with Crippen LogP contribution in [0, 0.1) is 5.82 Å². The van der Waals surface area contributed by atoms with Crippen molar-refractivity contribution in [2.45, 2.75) is 96.7 Å². The van der Waals surface area contributed by atoms with E-state index in [1.165, 1.54) is 18.3 Å². The van der Waals surface area contributed by atoms with Crippen molar-refractivity contribution in [2.75, 3.05) is 0 Å². The van der Waals surface area contributed by atoms with Crippen molar-refractivity contribution in [3.05, 3.63) is 29.8 Å². The average molecular weight is 439 g/mol. The fourth-order valence-electron chi connectivity index (χ4n) is 4.60. The SMILES string of the molecule is CC(C)[Si](O[C@H]1C(=O)N(C(=O)OC(C)(C)C)[C@H]1c1ncccc1F)(C(C)C)C(C)C. The van der Waals surface area contributed by atoms with Crippen molar-refractivity contribution < 1.29 is 23.1 Å². The molecule has 1 aliphatic rings. The van der Waals surface area contributed by atoms with Crippen LogP contribution in [-0.2, 0) is 14.0 Å². The largest absolute Gasteiger partial charge is 0.443 e. The number of ether oxygens (including phenoxy) is 1. The Balaban J connectivity index is 2.49. The molecule has 2 amide bonds. The summed E-state index contributed by atoms with van der Waals surface area (Å²) in [5.41, 5.74) is -0.0736. The summed E-state index contributed by atoms with van der Waals surface area (Å²) in [5, 5.41) is 0. The van der Waals surface area contributed by atoms with Gasteiger partial charge in [-0.05, 0) is 49.5 Å². The predicted molar refractivity (Wildman–Crippen MR) is 116 cm³/mol. The monoisotopic (exact) mass is 438 g/mol. The summed E-state index contributed by atoms with van der Waals surface area (Å²) in [4.78, 5) is 30.9. The maximum Gasteiger partial charge on any atom is 0.417 e. The molecule has 2 atom stereocenters. The van der Waals surface area contributed by atoms with Gasteiger partial charge in [-0.15, -0.1) is 0 Å². The zero-order valence-corrected chi connectivity index (χ0v) is 20.5. The number of carbonyl (C=O) groups excluding carboxylic acids is 2. The molecule has 0 spiro atoms. The van der Waals surface area contributed by atoms with Gasteiger partial charge < -0.3 is 9.16 Å². The number of likely N-dealkylation sites (tertiary alicyclic amines) is 1. The molecular formula is C22H35FN2O4Si. The van der Waals surface area contributed by atoms with Crippen LogP contribution in [0.2, 0.25) is 16.6 Å². The molecule has 1 aliphatic heterocycles. The van der Waals surface area contributed by atoms with Gasteiger partial charge in [-0.25, -0.2) is 14.1 Å². The van der Waals surface area contributed by atoms with Gasteiger partial charge in [-0.1, -0.05) is 41.5 Å². The summed E-state index contributed by atoms with van der Waals surface area (Å²) in [7, 11) is -2.46. The minimum atomic E-state index is -2.46. The van der Waals surface area contributed by atoms with E-state index in [-0.39, 0.29) is 22.3 Å². The minimum Gasteiger partial charge on any atom is -0.443 e. The van der Waals surface area contributed by atoms with Crippen LogP contribution in [0.15, 0.2) is 18.3 Å². The third kappa shape index (κ3) is 4.44. The van der Waals surface area contributed by atoms with Crippen molar-refractivity contribution in [3.63, 3.8) is 0 Å². The van der Waals surface area contributed by atoms with Crippen molar-refractivity contribution in [3.8, 4) is 0 Å². The van der Waals surface area contributed by atoms with Gasteiger partial charge in [-0.2, -0.15) is 0 Å². The van der Waals surface area contributed by atoms with Crippen LogP contribution in [0.3, 0.4) is 0 Å². The molecule has 168 valence electrons. The molecule has 2 rings (SSSR count). The second kappa shape index (κ2) is 8.75. The van der Waals surface area contributed by atoms with Gasteiger partial charge in [0, 0.05) is 6.20 Å². The first-order chi connectivity index (χ1) is 13.7. The summed E-state index contributed by atoms with van der Waals surface area (Å²) in [6.45, 7) is 17.8.